The van der Waals surface area contributed by atoms with E-state index in [2.05, 4.69) is 27.7 Å². The molecular weight excluding hydrogens is 168 g/mol. The zero-order chi connectivity index (χ0) is 10.8. The van der Waals surface area contributed by atoms with Gasteiger partial charge in [-0.05, 0) is 11.8 Å². The maximum atomic E-state index is 4.14. The van der Waals surface area contributed by atoms with Gasteiger partial charge in [0.2, 0.25) is 0 Å². The molecule has 0 N–H and O–H groups in total. The predicted molar refractivity (Wildman–Crippen MR) is 66.3 cm³/mol. The van der Waals surface area contributed by atoms with Crippen LogP contribution in [-0.4, -0.2) is 0 Å². The van der Waals surface area contributed by atoms with E-state index in [1.807, 2.05) is 0 Å². The van der Waals surface area contributed by atoms with Gasteiger partial charge in [-0.25, -0.2) is 0 Å². The molecule has 0 spiro atoms. The van der Waals surface area contributed by atoms with E-state index in [0.29, 0.717) is 5.92 Å². The molecule has 0 aliphatic carbocycles. The van der Waals surface area contributed by atoms with E-state index in [1.165, 1.54) is 51.4 Å². The topological polar surface area (TPSA) is 0 Å². The summed E-state index contributed by atoms with van der Waals surface area (Å²) in [5.41, 5.74) is 0. The van der Waals surface area contributed by atoms with Crippen molar-refractivity contribution in [3.8, 4) is 0 Å². The standard InChI is InChI=1S/C14H29/c1-5-7-8-9-10-11-12-14(6-2)13(3)4/h13-14H,3,5-12H2,1-2,4H3. The Morgan fingerprint density at radius 2 is 1.50 bits per heavy atom. The molecule has 1 radical (unpaired) electrons. The van der Waals surface area contributed by atoms with Crippen molar-refractivity contribution in [2.75, 3.05) is 0 Å². The highest BCUT2D eigenvalue weighted by Crippen LogP contribution is 2.21. The van der Waals surface area contributed by atoms with Crippen LogP contribution in [0.2, 0.25) is 0 Å². The second kappa shape index (κ2) is 9.55. The third-order valence-corrected chi connectivity index (χ3v) is 3.26. The van der Waals surface area contributed by atoms with Gasteiger partial charge in [-0.1, -0.05) is 79.1 Å². The quantitative estimate of drug-likeness (QED) is 0.444. The minimum Gasteiger partial charge on any atom is -0.0654 e. The molecule has 2 unspecified atom stereocenters. The summed E-state index contributed by atoms with van der Waals surface area (Å²) in [6.45, 7) is 11.0. The largest absolute Gasteiger partial charge is 0.0654 e. The Bertz CT molecular complexity index is 105. The van der Waals surface area contributed by atoms with Gasteiger partial charge in [0.25, 0.3) is 0 Å². The van der Waals surface area contributed by atoms with E-state index in [0.717, 1.165) is 5.92 Å². The van der Waals surface area contributed by atoms with Crippen molar-refractivity contribution < 1.29 is 0 Å². The molecule has 0 bridgehead atoms. The Labute approximate surface area is 91.5 Å². The SMILES string of the molecule is [CH2]C(C)C(CC)CCCCCCCC. The van der Waals surface area contributed by atoms with Crippen LogP contribution in [0, 0.1) is 18.8 Å². The van der Waals surface area contributed by atoms with Gasteiger partial charge in [0.05, 0.1) is 0 Å². The molecule has 85 valence electrons. The predicted octanol–water partition coefficient (Wildman–Crippen LogP) is 5.23. The lowest BCUT2D eigenvalue weighted by molar-refractivity contribution is 0.360. The number of hydrogen-bond acceptors (Lipinski definition) is 0. The summed E-state index contributed by atoms with van der Waals surface area (Å²) in [6.07, 6.45) is 11.2. The van der Waals surface area contributed by atoms with Crippen LogP contribution >= 0.6 is 0 Å². The fourth-order valence-electron chi connectivity index (χ4n) is 2.08. The summed E-state index contributed by atoms with van der Waals surface area (Å²) in [7, 11) is 0. The molecule has 0 aromatic heterocycles. The molecule has 0 aliphatic heterocycles. The van der Waals surface area contributed by atoms with Gasteiger partial charge in [0.1, 0.15) is 0 Å². The molecule has 0 amide bonds. The maximum absolute atomic E-state index is 4.14. The van der Waals surface area contributed by atoms with Crippen LogP contribution in [-0.2, 0) is 0 Å². The fraction of sp³-hybridized carbons (Fsp3) is 0.929. The highest BCUT2D eigenvalue weighted by Gasteiger charge is 2.09. The van der Waals surface area contributed by atoms with Crippen molar-refractivity contribution in [1.29, 1.82) is 0 Å². The minimum absolute atomic E-state index is 0.635. The van der Waals surface area contributed by atoms with Crippen LogP contribution < -0.4 is 0 Å². The molecule has 0 aromatic carbocycles. The van der Waals surface area contributed by atoms with Gasteiger partial charge in [-0.3, -0.25) is 0 Å². The zero-order valence-electron chi connectivity index (χ0n) is 10.5. The second-order valence-electron chi connectivity index (χ2n) is 4.70. The number of hydrogen-bond donors (Lipinski definition) is 0. The maximum Gasteiger partial charge on any atom is -0.0391 e. The average Bonchev–Trinajstić information content (AvgIpc) is 2.16. The van der Waals surface area contributed by atoms with Crippen molar-refractivity contribution in [3.05, 3.63) is 6.92 Å². The molecule has 0 saturated carbocycles. The normalized spacial score (nSPS) is 13.5. The van der Waals surface area contributed by atoms with Crippen LogP contribution in [0.5, 0.6) is 0 Å². The van der Waals surface area contributed by atoms with Crippen LogP contribution in [0.4, 0.5) is 0 Å². The van der Waals surface area contributed by atoms with Crippen LogP contribution in [0.25, 0.3) is 0 Å². The molecular formula is C14H29. The lowest BCUT2D eigenvalue weighted by Crippen LogP contribution is -2.07. The van der Waals surface area contributed by atoms with Gasteiger partial charge >= 0.3 is 0 Å². The Balaban J connectivity index is 3.25. The second-order valence-corrected chi connectivity index (χ2v) is 4.70. The van der Waals surface area contributed by atoms with Crippen LogP contribution in [0.3, 0.4) is 0 Å². The molecule has 14 heavy (non-hydrogen) atoms. The summed E-state index contributed by atoms with van der Waals surface area (Å²) < 4.78 is 0. The smallest absolute Gasteiger partial charge is 0.0391 e. The monoisotopic (exact) mass is 197 g/mol. The van der Waals surface area contributed by atoms with Crippen molar-refractivity contribution in [2.45, 2.75) is 72.1 Å². The van der Waals surface area contributed by atoms with Gasteiger partial charge in [-0.15, -0.1) is 0 Å². The molecule has 0 rings (SSSR count). The third kappa shape index (κ3) is 7.41. The van der Waals surface area contributed by atoms with Gasteiger partial charge in [-0.2, -0.15) is 0 Å². The summed E-state index contributed by atoms with van der Waals surface area (Å²) in [5, 5.41) is 0. The van der Waals surface area contributed by atoms with E-state index >= 15 is 0 Å². The minimum atomic E-state index is 0.635. The van der Waals surface area contributed by atoms with Crippen LogP contribution in [0.1, 0.15) is 72.1 Å². The Morgan fingerprint density at radius 3 is 2.00 bits per heavy atom. The molecule has 0 nitrogen and oxygen atoms in total. The Kier molecular flexibility index (Phi) is 9.55. The van der Waals surface area contributed by atoms with Crippen molar-refractivity contribution in [3.63, 3.8) is 0 Å². The molecule has 0 saturated heterocycles. The molecule has 0 aromatic rings. The average molecular weight is 197 g/mol. The summed E-state index contributed by atoms with van der Waals surface area (Å²) in [6, 6.07) is 0. The molecule has 2 atom stereocenters. The van der Waals surface area contributed by atoms with Crippen molar-refractivity contribution in [1.82, 2.24) is 0 Å². The van der Waals surface area contributed by atoms with Gasteiger partial charge in [0, 0.05) is 0 Å². The number of unbranched alkanes of at least 4 members (excludes halogenated alkanes) is 5. The lowest BCUT2D eigenvalue weighted by Gasteiger charge is -2.18. The molecule has 0 aliphatic rings. The van der Waals surface area contributed by atoms with E-state index in [-0.39, 0.29) is 0 Å². The van der Waals surface area contributed by atoms with Crippen molar-refractivity contribution >= 4 is 0 Å². The van der Waals surface area contributed by atoms with Gasteiger partial charge < -0.3 is 0 Å². The lowest BCUT2D eigenvalue weighted by atomic mass is 9.88. The van der Waals surface area contributed by atoms with E-state index in [4.69, 9.17) is 0 Å². The van der Waals surface area contributed by atoms with E-state index < -0.39 is 0 Å². The first-order valence-corrected chi connectivity index (χ1v) is 6.55. The highest BCUT2D eigenvalue weighted by atomic mass is 14.2. The van der Waals surface area contributed by atoms with Gasteiger partial charge in [0.15, 0.2) is 0 Å². The third-order valence-electron chi connectivity index (χ3n) is 3.26. The first-order chi connectivity index (χ1) is 6.72. The summed E-state index contributed by atoms with van der Waals surface area (Å²) in [4.78, 5) is 0. The first-order valence-electron chi connectivity index (χ1n) is 6.55. The molecule has 0 heteroatoms. The molecule has 0 heterocycles. The van der Waals surface area contributed by atoms with E-state index in [9.17, 15) is 0 Å². The van der Waals surface area contributed by atoms with Crippen molar-refractivity contribution in [2.24, 2.45) is 11.8 Å². The molecule has 0 fully saturated rings. The Morgan fingerprint density at radius 1 is 0.929 bits per heavy atom. The summed E-state index contributed by atoms with van der Waals surface area (Å²) in [5.74, 6) is 1.50. The fourth-order valence-corrected chi connectivity index (χ4v) is 2.08. The summed E-state index contributed by atoms with van der Waals surface area (Å²) >= 11 is 0. The van der Waals surface area contributed by atoms with Crippen LogP contribution in [0.15, 0.2) is 0 Å². The first kappa shape index (κ1) is 14.0. The Hall–Kier alpha value is 0. The van der Waals surface area contributed by atoms with E-state index in [1.54, 1.807) is 0 Å². The number of rotatable bonds is 9. The zero-order valence-corrected chi connectivity index (χ0v) is 10.5. The highest BCUT2D eigenvalue weighted by molar-refractivity contribution is 4.66.